The highest BCUT2D eigenvalue weighted by Crippen LogP contribution is 2.38. The highest BCUT2D eigenvalue weighted by atomic mass is 28.4. The van der Waals surface area contributed by atoms with Crippen LogP contribution < -0.4 is 14.2 Å². The number of fused-ring (bicyclic) bond motifs is 1. The van der Waals surface area contributed by atoms with E-state index in [1.807, 2.05) is 44.2 Å². The Morgan fingerprint density at radius 1 is 0.900 bits per heavy atom. The molecule has 3 aromatic carbocycles. The van der Waals surface area contributed by atoms with Crippen LogP contribution >= 0.6 is 0 Å². The zero-order chi connectivity index (χ0) is 59.6. The Hall–Kier alpha value is -5.91. The molecule has 2 aliphatic rings. The van der Waals surface area contributed by atoms with Crippen molar-refractivity contribution in [2.75, 3.05) is 47.9 Å². The predicted molar refractivity (Wildman–Crippen MR) is 312 cm³/mol. The second kappa shape index (κ2) is 30.2. The second-order valence-electron chi connectivity index (χ2n) is 23.1. The van der Waals surface area contributed by atoms with Crippen LogP contribution in [0.5, 0.6) is 23.0 Å². The molecule has 2 aliphatic heterocycles. The Bertz CT molecular complexity index is 2650. The number of ether oxygens (including phenoxy) is 9. The molecule has 0 bridgehead atoms. The fraction of sp³-hybridized carbons (Fsp3) is 0.508. The first-order valence-corrected chi connectivity index (χ1v) is 33.6. The number of methoxy groups -OCH3 is 3. The van der Waals surface area contributed by atoms with Gasteiger partial charge in [0.25, 0.3) is 0 Å². The summed E-state index contributed by atoms with van der Waals surface area (Å²) < 4.78 is 58.1. The van der Waals surface area contributed by atoms with Gasteiger partial charge in [0.2, 0.25) is 0 Å². The van der Waals surface area contributed by atoms with Crippen LogP contribution in [0, 0.1) is 11.8 Å². The number of cyclic esters (lactones) is 1. The fourth-order valence-corrected chi connectivity index (χ4v) is 9.65. The minimum atomic E-state index is -1.96. The molecule has 3 N–H and O–H groups in total. The van der Waals surface area contributed by atoms with E-state index in [4.69, 9.17) is 47.1 Å². The molecule has 80 heavy (non-hydrogen) atoms. The molecule has 2 heterocycles. The number of aliphatic hydroxyl groups excluding tert-OH is 2. The zero-order valence-electron chi connectivity index (χ0n) is 49.4. The molecule has 0 saturated carbocycles. The van der Waals surface area contributed by atoms with Crippen molar-refractivity contribution in [3.8, 4) is 23.0 Å². The van der Waals surface area contributed by atoms with Gasteiger partial charge in [-0.2, -0.15) is 0 Å². The standard InChI is InChI=1S/C42H64O10Si2.C19H22O7/c1-30(28-49-54(12,13)41(2,3)4)22-23-34(50-39(43)31-18-15-14-16-19-31)38-35(51-42(5,6)52-38)21-17-20-32-26-33(46-8)27-36(48-29-45-7)37(32)40(44)47-24-25-53(9,10)11;1-11-6-7-15(21)18(23)14(20)5-3-4-12-8-13(25-2)9-16(22)17(12)19(24)26-10-11/h14-20,22-23,26-27,30,34-35,38H,21,24-25,28-29H2,1-13H3;3-4,6-9,11,14,18,20,22-23H,5,10H2,1-2H3/b20-17+,23-22-;4-3+,7-6-/t30-,34?,35?,38?;11-,14?,18?/m11/s1. The molecule has 5 unspecified atom stereocenters. The number of rotatable bonds is 20. The van der Waals surface area contributed by atoms with Gasteiger partial charge < -0.3 is 62.4 Å². The van der Waals surface area contributed by atoms with E-state index in [9.17, 15) is 34.5 Å². The molecule has 0 spiro atoms. The first kappa shape index (κ1) is 66.6. The van der Waals surface area contributed by atoms with Gasteiger partial charge >= 0.3 is 17.9 Å². The van der Waals surface area contributed by atoms with Crippen molar-refractivity contribution >= 4 is 52.2 Å². The average Bonchev–Trinajstić information content (AvgIpc) is 3.72. The van der Waals surface area contributed by atoms with Gasteiger partial charge in [0.05, 0.1) is 45.2 Å². The van der Waals surface area contributed by atoms with Crippen LogP contribution in [0.2, 0.25) is 43.8 Å². The monoisotopic (exact) mass is 1150 g/mol. The van der Waals surface area contributed by atoms with E-state index in [0.717, 1.165) is 12.1 Å². The Kier molecular flexibility index (Phi) is 25.2. The van der Waals surface area contributed by atoms with E-state index in [1.54, 1.807) is 50.4 Å². The molecule has 7 atom stereocenters. The maximum absolute atomic E-state index is 13.6. The number of hydrogen-bond donors (Lipinski definition) is 3. The van der Waals surface area contributed by atoms with Crippen LogP contribution in [0.1, 0.15) is 104 Å². The van der Waals surface area contributed by atoms with E-state index in [2.05, 4.69) is 60.4 Å². The van der Waals surface area contributed by atoms with Crippen LogP contribution in [-0.2, 0) is 37.6 Å². The second-order valence-corrected chi connectivity index (χ2v) is 33.6. The van der Waals surface area contributed by atoms with E-state index < -0.39 is 76.4 Å². The predicted octanol–water partition coefficient (Wildman–Crippen LogP) is 11.0. The first-order chi connectivity index (χ1) is 37.5. The number of aliphatic hydroxyl groups is 2. The number of phenols is 1. The minimum Gasteiger partial charge on any atom is -0.507 e. The number of ketones is 1. The molecule has 0 amide bonds. The number of carbonyl (C=O) groups is 4. The van der Waals surface area contributed by atoms with Crippen molar-refractivity contribution in [2.45, 2.75) is 141 Å². The SMILES string of the molecule is COCOc1cc(OC)cc(/C=C/CC2OC(C)(C)OC2C(/C=C\[C@@H](C)CO[Si](C)(C)C(C)(C)C)OC(=O)c2ccccc2)c1C(=O)OCC[Si](C)(C)C.COc1cc(O)c2c(c1)/C=C/CC(O)C(O)C(=O)/C=C\[C@@H](C)COC2=O. The third-order valence-electron chi connectivity index (χ3n) is 13.5. The van der Waals surface area contributed by atoms with Gasteiger partial charge in [-0.25, -0.2) is 14.4 Å². The topological polar surface area (TPSA) is 221 Å². The first-order valence-electron chi connectivity index (χ1n) is 26.9. The van der Waals surface area contributed by atoms with E-state index >= 15 is 0 Å². The molecular weight excluding hydrogens is 1060 g/mol. The quantitative estimate of drug-likeness (QED) is 0.0315. The number of carbonyl (C=O) groups excluding carboxylic acids is 4. The smallest absolute Gasteiger partial charge is 0.342 e. The Morgan fingerprint density at radius 2 is 1.57 bits per heavy atom. The van der Waals surface area contributed by atoms with Crippen molar-refractivity contribution in [1.29, 1.82) is 0 Å². The summed E-state index contributed by atoms with van der Waals surface area (Å²) in [5.74, 6) is -2.65. The van der Waals surface area contributed by atoms with E-state index in [-0.39, 0.29) is 59.3 Å². The van der Waals surface area contributed by atoms with Gasteiger partial charge in [-0.05, 0) is 104 Å². The van der Waals surface area contributed by atoms with Crippen molar-refractivity contribution < 1.29 is 81.6 Å². The van der Waals surface area contributed by atoms with Gasteiger partial charge in [0.15, 0.2) is 26.7 Å². The third-order valence-corrected chi connectivity index (χ3v) is 19.7. The summed E-state index contributed by atoms with van der Waals surface area (Å²) in [6.45, 7) is 26.1. The number of hydrogen-bond acceptors (Lipinski definition) is 17. The number of esters is 3. The average molecular weight is 1150 g/mol. The summed E-state index contributed by atoms with van der Waals surface area (Å²) in [5.41, 5.74) is 1.57. The van der Waals surface area contributed by atoms with Gasteiger partial charge in [-0.3, -0.25) is 4.79 Å². The lowest BCUT2D eigenvalue weighted by molar-refractivity contribution is -0.152. The molecule has 3 aromatic rings. The molecule has 1 saturated heterocycles. The van der Waals surface area contributed by atoms with Crippen molar-refractivity contribution in [3.05, 3.63) is 119 Å². The maximum atomic E-state index is 13.6. The molecule has 17 nitrogen and oxygen atoms in total. The molecule has 1 fully saturated rings. The summed E-state index contributed by atoms with van der Waals surface area (Å²) in [6, 6.07) is 16.0. The lowest BCUT2D eigenvalue weighted by Gasteiger charge is -2.36. The van der Waals surface area contributed by atoms with Crippen LogP contribution in [0.25, 0.3) is 12.2 Å². The highest BCUT2D eigenvalue weighted by molar-refractivity contribution is 6.76. The molecule has 5 rings (SSSR count). The molecule has 0 aliphatic carbocycles. The fourth-order valence-electron chi connectivity index (χ4n) is 7.82. The van der Waals surface area contributed by atoms with E-state index in [0.29, 0.717) is 47.8 Å². The minimum absolute atomic E-state index is 0.0180. The molecule has 19 heteroatoms. The summed E-state index contributed by atoms with van der Waals surface area (Å²) in [6.07, 6.45) is 8.87. The normalized spacial score (nSPS) is 21.5. The van der Waals surface area contributed by atoms with Crippen molar-refractivity contribution in [3.63, 3.8) is 0 Å². The van der Waals surface area contributed by atoms with Gasteiger partial charge in [0, 0.05) is 39.8 Å². The highest BCUT2D eigenvalue weighted by Gasteiger charge is 2.46. The summed E-state index contributed by atoms with van der Waals surface area (Å²) in [4.78, 5) is 51.2. The zero-order valence-corrected chi connectivity index (χ0v) is 51.4. The van der Waals surface area contributed by atoms with Crippen molar-refractivity contribution in [1.82, 2.24) is 0 Å². The Balaban J connectivity index is 0.000000441. The van der Waals surface area contributed by atoms with Crippen LogP contribution in [-0.4, -0.2) is 140 Å². The lowest BCUT2D eigenvalue weighted by Crippen LogP contribution is -2.41. The number of phenolic OH excluding ortho intramolecular Hbond substituents is 1. The lowest BCUT2D eigenvalue weighted by atomic mass is 10.0. The van der Waals surface area contributed by atoms with Gasteiger partial charge in [0.1, 0.15) is 52.4 Å². The largest absolute Gasteiger partial charge is 0.507 e. The third kappa shape index (κ3) is 20.6. The Labute approximate surface area is 475 Å². The van der Waals surface area contributed by atoms with Gasteiger partial charge in [-0.1, -0.05) is 109 Å². The van der Waals surface area contributed by atoms with Crippen molar-refractivity contribution in [2.24, 2.45) is 11.8 Å². The molecule has 0 aromatic heterocycles. The summed E-state index contributed by atoms with van der Waals surface area (Å²) >= 11 is 0. The molecule has 0 radical (unpaired) electrons. The Morgan fingerprint density at radius 3 is 2.21 bits per heavy atom. The molecular formula is C61H86O17Si2. The summed E-state index contributed by atoms with van der Waals surface area (Å²) in [7, 11) is 1.09. The van der Waals surface area contributed by atoms with Crippen LogP contribution in [0.3, 0.4) is 0 Å². The van der Waals surface area contributed by atoms with Crippen LogP contribution in [0.15, 0.2) is 91.1 Å². The maximum Gasteiger partial charge on any atom is 0.342 e. The number of benzene rings is 3. The van der Waals surface area contributed by atoms with Crippen LogP contribution in [0.4, 0.5) is 0 Å². The summed E-state index contributed by atoms with van der Waals surface area (Å²) in [5, 5.41) is 30.1. The molecule has 440 valence electrons. The van der Waals surface area contributed by atoms with E-state index in [1.165, 1.54) is 44.6 Å². The van der Waals surface area contributed by atoms with Gasteiger partial charge in [-0.15, -0.1) is 0 Å². The number of aromatic hydroxyl groups is 1.